The van der Waals surface area contributed by atoms with Crippen LogP contribution >= 0.6 is 0 Å². The monoisotopic (exact) mass is 277 g/mol. The lowest BCUT2D eigenvalue weighted by Gasteiger charge is -2.22. The van der Waals surface area contributed by atoms with Crippen LogP contribution in [0.5, 0.6) is 0 Å². The van der Waals surface area contributed by atoms with E-state index in [0.29, 0.717) is 13.2 Å². The summed E-state index contributed by atoms with van der Waals surface area (Å²) in [7, 11) is 1.55. The van der Waals surface area contributed by atoms with Crippen LogP contribution in [0.2, 0.25) is 0 Å². The van der Waals surface area contributed by atoms with Gasteiger partial charge in [0, 0.05) is 20.1 Å². The Balaban J connectivity index is 4.05. The first-order chi connectivity index (χ1) is 8.76. The molecule has 0 bridgehead atoms. The number of amides is 1. The number of nitrogens with one attached hydrogen (secondary N) is 1. The first-order valence-electron chi connectivity index (χ1n) is 6.05. The van der Waals surface area contributed by atoms with Gasteiger partial charge < -0.3 is 24.6 Å². The predicted molar refractivity (Wildman–Crippen MR) is 68.1 cm³/mol. The van der Waals surface area contributed by atoms with Crippen molar-refractivity contribution in [2.75, 3.05) is 26.9 Å². The fourth-order valence-electron chi connectivity index (χ4n) is 1.15. The molecule has 0 aliphatic carbocycles. The molecule has 0 saturated heterocycles. The molecule has 0 fully saturated rings. The first-order valence-corrected chi connectivity index (χ1v) is 6.05. The number of carbonyl (C=O) groups excluding carboxylic acids is 1. The fraction of sp³-hybridized carbons (Fsp3) is 0.833. The normalized spacial score (nSPS) is 12.8. The minimum atomic E-state index is -1.12. The van der Waals surface area contributed by atoms with Gasteiger partial charge in [0.25, 0.3) is 0 Å². The van der Waals surface area contributed by atoms with E-state index in [0.717, 1.165) is 0 Å². The van der Waals surface area contributed by atoms with Gasteiger partial charge in [-0.05, 0) is 20.8 Å². The van der Waals surface area contributed by atoms with Gasteiger partial charge in [0.15, 0.2) is 0 Å². The summed E-state index contributed by atoms with van der Waals surface area (Å²) in [4.78, 5) is 22.4. The number of ether oxygens (including phenoxy) is 3. The Labute approximate surface area is 113 Å². The highest BCUT2D eigenvalue weighted by Gasteiger charge is 2.23. The van der Waals surface area contributed by atoms with Crippen molar-refractivity contribution in [3.63, 3.8) is 0 Å². The molecule has 0 radical (unpaired) electrons. The van der Waals surface area contributed by atoms with Crippen molar-refractivity contribution in [1.82, 2.24) is 5.32 Å². The zero-order valence-electron chi connectivity index (χ0n) is 11.9. The number of hydrogen-bond donors (Lipinski definition) is 2. The Morgan fingerprint density at radius 1 is 1.21 bits per heavy atom. The van der Waals surface area contributed by atoms with Crippen molar-refractivity contribution in [1.29, 1.82) is 0 Å². The molecule has 7 heteroatoms. The van der Waals surface area contributed by atoms with Gasteiger partial charge in [0.1, 0.15) is 11.6 Å². The molecule has 0 aromatic heterocycles. The lowest BCUT2D eigenvalue weighted by molar-refractivity contribution is -0.140. The van der Waals surface area contributed by atoms with Crippen LogP contribution in [0.4, 0.5) is 4.79 Å². The van der Waals surface area contributed by atoms with Crippen molar-refractivity contribution < 1.29 is 28.9 Å². The first kappa shape index (κ1) is 17.7. The summed E-state index contributed by atoms with van der Waals surface area (Å²) in [6.07, 6.45) is -0.588. The summed E-state index contributed by atoms with van der Waals surface area (Å²) in [5, 5.41) is 11.3. The topological polar surface area (TPSA) is 94.1 Å². The Kier molecular flexibility index (Phi) is 8.09. The van der Waals surface area contributed by atoms with E-state index in [-0.39, 0.29) is 13.0 Å². The lowest BCUT2D eigenvalue weighted by Crippen LogP contribution is -2.44. The zero-order valence-corrected chi connectivity index (χ0v) is 11.9. The van der Waals surface area contributed by atoms with Crippen molar-refractivity contribution in [3.8, 4) is 0 Å². The van der Waals surface area contributed by atoms with E-state index in [2.05, 4.69) is 5.32 Å². The van der Waals surface area contributed by atoms with Crippen LogP contribution < -0.4 is 5.32 Å². The van der Waals surface area contributed by atoms with Gasteiger partial charge in [0.2, 0.25) is 0 Å². The van der Waals surface area contributed by atoms with Crippen molar-refractivity contribution in [2.45, 2.75) is 38.8 Å². The van der Waals surface area contributed by atoms with Gasteiger partial charge in [-0.15, -0.1) is 0 Å². The maximum absolute atomic E-state index is 11.5. The number of alkyl carbamates (subject to hydrolysis) is 1. The van der Waals surface area contributed by atoms with Crippen LogP contribution in [-0.2, 0) is 19.0 Å². The van der Waals surface area contributed by atoms with Crippen LogP contribution in [0.1, 0.15) is 27.2 Å². The molecule has 19 heavy (non-hydrogen) atoms. The minimum absolute atomic E-state index is 0.165. The highest BCUT2D eigenvalue weighted by Crippen LogP contribution is 2.07. The van der Waals surface area contributed by atoms with Crippen molar-refractivity contribution in [3.05, 3.63) is 0 Å². The van der Waals surface area contributed by atoms with Crippen LogP contribution in [0, 0.1) is 0 Å². The SMILES string of the molecule is COCCOCCC(NC(=O)OC(C)(C)C)C(=O)O. The molecule has 0 aromatic rings. The second kappa shape index (κ2) is 8.71. The lowest BCUT2D eigenvalue weighted by atomic mass is 10.2. The molecule has 0 rings (SSSR count). The van der Waals surface area contributed by atoms with Crippen LogP contribution in [0.3, 0.4) is 0 Å². The summed E-state index contributed by atoms with van der Waals surface area (Å²) < 4.78 is 14.9. The number of hydrogen-bond acceptors (Lipinski definition) is 5. The quantitative estimate of drug-likeness (QED) is 0.643. The van der Waals surface area contributed by atoms with Gasteiger partial charge in [-0.3, -0.25) is 0 Å². The Bertz CT molecular complexity index is 286. The average Bonchev–Trinajstić information content (AvgIpc) is 2.24. The molecule has 0 aromatic carbocycles. The number of carboxylic acids is 1. The molecule has 0 spiro atoms. The molecule has 7 nitrogen and oxygen atoms in total. The summed E-state index contributed by atoms with van der Waals surface area (Å²) in [6.45, 7) is 6.16. The molecule has 1 amide bonds. The van der Waals surface area contributed by atoms with Gasteiger partial charge in [-0.2, -0.15) is 0 Å². The molecule has 112 valence electrons. The van der Waals surface area contributed by atoms with Gasteiger partial charge >= 0.3 is 12.1 Å². The van der Waals surface area contributed by atoms with Crippen LogP contribution in [0.15, 0.2) is 0 Å². The van der Waals surface area contributed by atoms with Crippen LogP contribution in [0.25, 0.3) is 0 Å². The van der Waals surface area contributed by atoms with Gasteiger partial charge in [-0.25, -0.2) is 9.59 Å². The van der Waals surface area contributed by atoms with E-state index in [1.165, 1.54) is 0 Å². The third kappa shape index (κ3) is 10.3. The third-order valence-corrected chi connectivity index (χ3v) is 1.97. The number of rotatable bonds is 8. The largest absolute Gasteiger partial charge is 0.480 e. The number of carbonyl (C=O) groups is 2. The Morgan fingerprint density at radius 3 is 2.32 bits per heavy atom. The molecular formula is C12H23NO6. The fourth-order valence-corrected chi connectivity index (χ4v) is 1.15. The molecule has 0 aliphatic rings. The van der Waals surface area contributed by atoms with Crippen molar-refractivity contribution >= 4 is 12.1 Å². The molecule has 1 atom stereocenters. The van der Waals surface area contributed by atoms with Crippen molar-refractivity contribution in [2.24, 2.45) is 0 Å². The van der Waals surface area contributed by atoms with E-state index in [1.807, 2.05) is 0 Å². The third-order valence-electron chi connectivity index (χ3n) is 1.97. The molecule has 0 saturated carbocycles. The number of methoxy groups -OCH3 is 1. The van der Waals surface area contributed by atoms with E-state index >= 15 is 0 Å². The number of aliphatic carboxylic acids is 1. The zero-order chi connectivity index (χ0) is 14.9. The summed E-state index contributed by atoms with van der Waals surface area (Å²) in [5.74, 6) is -1.12. The minimum Gasteiger partial charge on any atom is -0.480 e. The molecular weight excluding hydrogens is 254 g/mol. The maximum atomic E-state index is 11.5. The molecule has 0 aliphatic heterocycles. The summed E-state index contributed by atoms with van der Waals surface area (Å²) >= 11 is 0. The average molecular weight is 277 g/mol. The smallest absolute Gasteiger partial charge is 0.408 e. The molecule has 1 unspecified atom stereocenters. The second-order valence-electron chi connectivity index (χ2n) is 4.93. The van der Waals surface area contributed by atoms with E-state index in [9.17, 15) is 9.59 Å². The molecule has 2 N–H and O–H groups in total. The highest BCUT2D eigenvalue weighted by molar-refractivity contribution is 5.79. The summed E-state index contributed by atoms with van der Waals surface area (Å²) in [5.41, 5.74) is -0.665. The molecule has 0 heterocycles. The maximum Gasteiger partial charge on any atom is 0.408 e. The van der Waals surface area contributed by atoms with Crippen LogP contribution in [-0.4, -0.2) is 55.7 Å². The predicted octanol–water partition coefficient (Wildman–Crippen LogP) is 1.02. The van der Waals surface area contributed by atoms with E-state index in [1.54, 1.807) is 27.9 Å². The summed E-state index contributed by atoms with van der Waals surface area (Å²) in [6, 6.07) is -1.03. The Hall–Kier alpha value is -1.34. The highest BCUT2D eigenvalue weighted by atomic mass is 16.6. The van der Waals surface area contributed by atoms with E-state index < -0.39 is 23.7 Å². The Morgan fingerprint density at radius 2 is 1.84 bits per heavy atom. The standard InChI is InChI=1S/C12H23NO6/c1-12(2,3)19-11(16)13-9(10(14)15)5-6-18-8-7-17-4/h9H,5-8H2,1-4H3,(H,13,16)(H,14,15). The van der Waals surface area contributed by atoms with E-state index in [4.69, 9.17) is 19.3 Å². The van der Waals surface area contributed by atoms with Gasteiger partial charge in [-0.1, -0.05) is 0 Å². The van der Waals surface area contributed by atoms with Gasteiger partial charge in [0.05, 0.1) is 13.2 Å². The second-order valence-corrected chi connectivity index (χ2v) is 4.93. The number of carboxylic acid groups (broad SMARTS) is 1.